The molecule has 0 aliphatic carbocycles. The Morgan fingerprint density at radius 2 is 1.94 bits per heavy atom. The molecule has 0 saturated heterocycles. The fraction of sp³-hybridized carbons (Fsp3) is 0.333. The second-order valence-corrected chi connectivity index (χ2v) is 5.72. The first-order valence-corrected chi connectivity index (χ1v) is 5.90. The number of thiazole rings is 1. The number of rotatable bonds is 1. The minimum Gasteiger partial charge on any atom is -0.473 e. The van der Waals surface area contributed by atoms with Crippen LogP contribution in [0.15, 0.2) is 24.3 Å². The fourth-order valence-corrected chi connectivity index (χ4v) is 2.96. The summed E-state index contributed by atoms with van der Waals surface area (Å²) in [5.41, 5.74) is 0.755. The van der Waals surface area contributed by atoms with E-state index < -0.39 is 5.97 Å². The molecule has 0 aliphatic heterocycles. The van der Waals surface area contributed by atoms with Crippen molar-refractivity contribution in [2.45, 2.75) is 26.3 Å². The second-order valence-electron chi connectivity index (χ2n) is 4.69. The van der Waals surface area contributed by atoms with Crippen LogP contribution in [0.2, 0.25) is 0 Å². The average molecular weight is 236 g/mol. The van der Waals surface area contributed by atoms with Crippen LogP contribution < -0.4 is 4.57 Å². The molecule has 0 saturated carbocycles. The number of benzene rings is 1. The van der Waals surface area contributed by atoms with Gasteiger partial charge in [-0.3, -0.25) is 0 Å². The first-order valence-electron chi connectivity index (χ1n) is 5.08. The van der Waals surface area contributed by atoms with E-state index in [4.69, 9.17) is 0 Å². The Labute approximate surface area is 98.0 Å². The Balaban J connectivity index is 2.85. The zero-order valence-electron chi connectivity index (χ0n) is 9.52. The monoisotopic (exact) mass is 236 g/mol. The molecule has 1 N–H and O–H groups in total. The quantitative estimate of drug-likeness (QED) is 0.773. The topological polar surface area (TPSA) is 41.2 Å². The molecule has 0 atom stereocenters. The number of hydrogen-bond donors (Lipinski definition) is 1. The average Bonchev–Trinajstić information content (AvgIpc) is 2.55. The first kappa shape index (κ1) is 11.1. The lowest BCUT2D eigenvalue weighted by Crippen LogP contribution is -2.52. The van der Waals surface area contributed by atoms with Crippen molar-refractivity contribution in [1.82, 2.24) is 0 Å². The molecule has 0 spiro atoms. The van der Waals surface area contributed by atoms with E-state index in [1.54, 1.807) is 0 Å². The van der Waals surface area contributed by atoms with E-state index in [0.29, 0.717) is 5.01 Å². The number of nitrogens with zero attached hydrogens (tertiary/aromatic N) is 1. The molecular formula is C12H14NO2S+. The molecule has 0 fully saturated rings. The van der Waals surface area contributed by atoms with Crippen LogP contribution in [0.4, 0.5) is 0 Å². The van der Waals surface area contributed by atoms with Crippen LogP contribution in [0, 0.1) is 0 Å². The number of fused-ring (bicyclic) bond motifs is 1. The third-order valence-corrected chi connectivity index (χ3v) is 3.49. The van der Waals surface area contributed by atoms with Gasteiger partial charge in [0.15, 0.2) is 5.54 Å². The summed E-state index contributed by atoms with van der Waals surface area (Å²) in [6.45, 7) is 6.04. The van der Waals surface area contributed by atoms with Gasteiger partial charge in [0.2, 0.25) is 5.52 Å². The van der Waals surface area contributed by atoms with Gasteiger partial charge in [-0.2, -0.15) is 4.57 Å². The molecule has 0 unspecified atom stereocenters. The molecule has 1 aromatic carbocycles. The molecule has 3 nitrogen and oxygen atoms in total. The predicted molar refractivity (Wildman–Crippen MR) is 64.0 cm³/mol. The van der Waals surface area contributed by atoms with E-state index in [1.807, 2.05) is 49.6 Å². The van der Waals surface area contributed by atoms with Crippen LogP contribution in [0.1, 0.15) is 30.6 Å². The number of aromatic carboxylic acids is 1. The molecule has 84 valence electrons. The minimum absolute atomic E-state index is 0.229. The van der Waals surface area contributed by atoms with Gasteiger partial charge in [-0.1, -0.05) is 23.5 Å². The molecule has 4 heteroatoms. The van der Waals surface area contributed by atoms with Gasteiger partial charge in [-0.05, 0) is 6.07 Å². The fourth-order valence-electron chi connectivity index (χ4n) is 1.79. The zero-order chi connectivity index (χ0) is 11.9. The van der Waals surface area contributed by atoms with E-state index >= 15 is 0 Å². The van der Waals surface area contributed by atoms with Crippen molar-refractivity contribution in [3.63, 3.8) is 0 Å². The van der Waals surface area contributed by atoms with Gasteiger partial charge in [-0.15, -0.1) is 0 Å². The van der Waals surface area contributed by atoms with E-state index in [1.165, 1.54) is 11.3 Å². The number of carboxylic acids is 1. The molecule has 0 amide bonds. The summed E-state index contributed by atoms with van der Waals surface area (Å²) in [5.74, 6) is -0.865. The molecule has 2 aromatic rings. The molecule has 16 heavy (non-hydrogen) atoms. The highest BCUT2D eigenvalue weighted by molar-refractivity contribution is 7.19. The SMILES string of the molecule is CC(C)(C)[n+]1c(C(=O)O)sc2ccccc21. The van der Waals surface area contributed by atoms with Gasteiger partial charge < -0.3 is 5.11 Å². The number of para-hydroxylation sites is 1. The van der Waals surface area contributed by atoms with E-state index in [9.17, 15) is 9.90 Å². The maximum atomic E-state index is 11.2. The first-order chi connectivity index (χ1) is 7.41. The number of carboxylic acid groups (broad SMARTS) is 1. The highest BCUT2D eigenvalue weighted by Crippen LogP contribution is 2.23. The normalized spacial score (nSPS) is 11.9. The highest BCUT2D eigenvalue weighted by atomic mass is 32.1. The lowest BCUT2D eigenvalue weighted by molar-refractivity contribution is -0.728. The number of aromatic nitrogens is 1. The van der Waals surface area contributed by atoms with Crippen molar-refractivity contribution in [2.75, 3.05) is 0 Å². The number of hydrogen-bond acceptors (Lipinski definition) is 2. The summed E-state index contributed by atoms with van der Waals surface area (Å²) < 4.78 is 2.89. The third-order valence-electron chi connectivity index (χ3n) is 2.37. The molecule has 2 rings (SSSR count). The summed E-state index contributed by atoms with van der Waals surface area (Å²) in [6.07, 6.45) is 0. The zero-order valence-corrected chi connectivity index (χ0v) is 10.3. The highest BCUT2D eigenvalue weighted by Gasteiger charge is 2.34. The van der Waals surface area contributed by atoms with Crippen molar-refractivity contribution in [2.24, 2.45) is 0 Å². The Hall–Kier alpha value is -1.42. The van der Waals surface area contributed by atoms with E-state index in [2.05, 4.69) is 0 Å². The maximum absolute atomic E-state index is 11.2. The maximum Gasteiger partial charge on any atom is 0.412 e. The van der Waals surface area contributed by atoms with Crippen LogP contribution in [-0.2, 0) is 5.54 Å². The van der Waals surface area contributed by atoms with Gasteiger partial charge in [0.1, 0.15) is 4.70 Å². The lowest BCUT2D eigenvalue weighted by Gasteiger charge is -2.12. The third kappa shape index (κ3) is 1.69. The standard InChI is InChI=1S/C12H13NO2S/c1-12(2,3)13-8-6-4-5-7-9(8)16-10(13)11(14)15/h4-7H,1-3H3/p+1. The summed E-state index contributed by atoms with van der Waals surface area (Å²) in [6, 6.07) is 7.78. The summed E-state index contributed by atoms with van der Waals surface area (Å²) >= 11 is 1.32. The van der Waals surface area contributed by atoms with Crippen molar-refractivity contribution in [3.05, 3.63) is 29.3 Å². The molecule has 0 bridgehead atoms. The summed E-state index contributed by atoms with van der Waals surface area (Å²) in [4.78, 5) is 11.2. The van der Waals surface area contributed by atoms with Crippen LogP contribution in [0.3, 0.4) is 0 Å². The minimum atomic E-state index is -0.865. The predicted octanol–water partition coefficient (Wildman–Crippen LogP) is 2.64. The van der Waals surface area contributed by atoms with Crippen LogP contribution in [0.5, 0.6) is 0 Å². The lowest BCUT2D eigenvalue weighted by atomic mass is 10.1. The Kier molecular flexibility index (Phi) is 2.46. The van der Waals surface area contributed by atoms with Crippen molar-refractivity contribution in [3.8, 4) is 0 Å². The number of carbonyl (C=O) groups is 1. The van der Waals surface area contributed by atoms with E-state index in [0.717, 1.165) is 10.2 Å². The van der Waals surface area contributed by atoms with Crippen molar-refractivity contribution >= 4 is 27.5 Å². The molecular weight excluding hydrogens is 222 g/mol. The van der Waals surface area contributed by atoms with E-state index in [-0.39, 0.29) is 5.54 Å². The van der Waals surface area contributed by atoms with Crippen LogP contribution >= 0.6 is 11.3 Å². The van der Waals surface area contributed by atoms with Crippen molar-refractivity contribution in [1.29, 1.82) is 0 Å². The van der Waals surface area contributed by atoms with Gasteiger partial charge in [0.25, 0.3) is 0 Å². The molecule has 0 radical (unpaired) electrons. The largest absolute Gasteiger partial charge is 0.473 e. The Morgan fingerprint density at radius 3 is 2.50 bits per heavy atom. The Bertz CT molecular complexity index is 552. The van der Waals surface area contributed by atoms with Gasteiger partial charge in [-0.25, -0.2) is 4.79 Å². The molecule has 0 aliphatic rings. The smallest absolute Gasteiger partial charge is 0.412 e. The van der Waals surface area contributed by atoms with Gasteiger partial charge in [0, 0.05) is 26.8 Å². The van der Waals surface area contributed by atoms with Gasteiger partial charge >= 0.3 is 11.0 Å². The Morgan fingerprint density at radius 1 is 1.31 bits per heavy atom. The van der Waals surface area contributed by atoms with Crippen LogP contribution in [0.25, 0.3) is 10.2 Å². The van der Waals surface area contributed by atoms with Crippen LogP contribution in [-0.4, -0.2) is 11.1 Å². The summed E-state index contributed by atoms with van der Waals surface area (Å²) in [7, 11) is 0. The van der Waals surface area contributed by atoms with Gasteiger partial charge in [0.05, 0.1) is 0 Å². The molecule has 1 heterocycles. The van der Waals surface area contributed by atoms with Crippen molar-refractivity contribution < 1.29 is 14.5 Å². The second kappa shape index (κ2) is 3.56. The summed E-state index contributed by atoms with van der Waals surface area (Å²) in [5, 5.41) is 9.60. The molecule has 1 aromatic heterocycles.